The third-order valence-electron chi connectivity index (χ3n) is 17.8. The maximum Gasteiger partial charge on any atom is 0.215 e. The van der Waals surface area contributed by atoms with Gasteiger partial charge in [-0.05, 0) is 112 Å². The summed E-state index contributed by atoms with van der Waals surface area (Å²) >= 11 is 0. The molecule has 10 rings (SSSR count). The fourth-order valence-electron chi connectivity index (χ4n) is 13.4. The van der Waals surface area contributed by atoms with Gasteiger partial charge in [0.25, 0.3) is 0 Å². The summed E-state index contributed by atoms with van der Waals surface area (Å²) in [5.41, 5.74) is 3.97. The van der Waals surface area contributed by atoms with Crippen LogP contribution >= 0.6 is 0 Å². The molecule has 7 aliphatic heterocycles. The molecule has 420 valence electrons. The molecule has 0 saturated carbocycles. The minimum Gasteiger partial charge on any atom is -0.393 e. The molecule has 12 nitrogen and oxygen atoms in total. The minimum absolute atomic E-state index is 0.00381. The maximum absolute atomic E-state index is 10.9. The molecule has 7 heterocycles. The van der Waals surface area contributed by atoms with Crippen molar-refractivity contribution in [1.29, 1.82) is 0 Å². The van der Waals surface area contributed by atoms with E-state index in [1.165, 1.54) is 0 Å². The zero-order valence-corrected chi connectivity index (χ0v) is 46.5. The fourth-order valence-corrected chi connectivity index (χ4v) is 13.4. The molecule has 0 bridgehead atoms. The van der Waals surface area contributed by atoms with Crippen molar-refractivity contribution in [3.05, 3.63) is 144 Å². The Kier molecular flexibility index (Phi) is 18.4. The molecule has 77 heavy (non-hydrogen) atoms. The number of fused-ring (bicyclic) bond motifs is 1. The molecule has 0 aliphatic carbocycles. The molecule has 0 unspecified atom stereocenters. The molecule has 3 spiro atoms. The molecule has 6 saturated heterocycles. The molecule has 17 atom stereocenters. The molecule has 3 aromatic rings. The SMILES string of the molecule is C=C1[C@@H](OCc2ccccc2)[C@@H]2O[C@]3(CC[C@H](/C=C/[C@@H](C)[C@@H]4CC(C)=C[C@@]5(O[C@H](C[C@@](C)(O)CO)CC[C@H]5OCc5ccccc5)O4)O3)CC[C@H]2O[C@@H]1[C@H](C[C@H](C)[C@@H]1CCC[C@@]2(OCCC[C@@H]2C)O1)OCc1ccccc1. The van der Waals surface area contributed by atoms with E-state index in [1.807, 2.05) is 42.5 Å². The van der Waals surface area contributed by atoms with Crippen LogP contribution in [0, 0.1) is 17.8 Å². The van der Waals surface area contributed by atoms with E-state index in [2.05, 4.69) is 94.5 Å². The first-order chi connectivity index (χ1) is 37.2. The average molecular weight is 1060 g/mol. The number of ether oxygens (including phenoxy) is 10. The Morgan fingerprint density at radius 2 is 1.45 bits per heavy atom. The number of benzene rings is 3. The Hall–Kier alpha value is -3.60. The van der Waals surface area contributed by atoms with E-state index in [1.54, 1.807) is 6.92 Å². The van der Waals surface area contributed by atoms with Gasteiger partial charge in [-0.3, -0.25) is 0 Å². The second-order valence-corrected chi connectivity index (χ2v) is 24.2. The highest BCUT2D eigenvalue weighted by atomic mass is 16.7. The fraction of sp³-hybridized carbons (Fsp3) is 0.631. The normalized spacial score (nSPS) is 36.6. The van der Waals surface area contributed by atoms with Crippen LogP contribution in [0.25, 0.3) is 0 Å². The number of aliphatic hydroxyl groups is 2. The molecule has 2 N–H and O–H groups in total. The Morgan fingerprint density at radius 1 is 0.766 bits per heavy atom. The van der Waals surface area contributed by atoms with Gasteiger partial charge in [0.05, 0.1) is 75.3 Å². The van der Waals surface area contributed by atoms with Gasteiger partial charge in [0.1, 0.15) is 24.4 Å². The molecule has 0 radical (unpaired) electrons. The first-order valence-corrected chi connectivity index (χ1v) is 29.3. The highest BCUT2D eigenvalue weighted by Crippen LogP contribution is 2.49. The van der Waals surface area contributed by atoms with E-state index >= 15 is 0 Å². The molecule has 3 aromatic carbocycles. The summed E-state index contributed by atoms with van der Waals surface area (Å²) < 4.78 is 69.6. The molecule has 0 amide bonds. The molecular weight excluding hydrogens is 973 g/mol. The smallest absolute Gasteiger partial charge is 0.215 e. The van der Waals surface area contributed by atoms with Crippen LogP contribution in [0.1, 0.15) is 141 Å². The van der Waals surface area contributed by atoms with Gasteiger partial charge in [0.15, 0.2) is 11.6 Å². The van der Waals surface area contributed by atoms with E-state index in [4.69, 9.17) is 53.9 Å². The van der Waals surface area contributed by atoms with Crippen molar-refractivity contribution in [1.82, 2.24) is 0 Å². The average Bonchev–Trinajstić information content (AvgIpc) is 3.85. The van der Waals surface area contributed by atoms with Gasteiger partial charge in [-0.15, -0.1) is 0 Å². The Balaban J connectivity index is 0.832. The van der Waals surface area contributed by atoms with Gasteiger partial charge in [-0.2, -0.15) is 0 Å². The Labute approximate surface area is 458 Å². The van der Waals surface area contributed by atoms with Gasteiger partial charge in [-0.1, -0.05) is 136 Å². The summed E-state index contributed by atoms with van der Waals surface area (Å²) in [7, 11) is 0. The van der Waals surface area contributed by atoms with Crippen molar-refractivity contribution in [3.8, 4) is 0 Å². The molecular formula is C65H88O12. The van der Waals surface area contributed by atoms with Crippen molar-refractivity contribution in [2.24, 2.45) is 17.8 Å². The Morgan fingerprint density at radius 3 is 2.16 bits per heavy atom. The third kappa shape index (κ3) is 13.6. The lowest BCUT2D eigenvalue weighted by atomic mass is 9.81. The highest BCUT2D eigenvalue weighted by molar-refractivity contribution is 5.23. The number of hydrogen-bond donors (Lipinski definition) is 2. The summed E-state index contributed by atoms with van der Waals surface area (Å²) in [6.07, 6.45) is 14.8. The van der Waals surface area contributed by atoms with E-state index < -0.39 is 41.3 Å². The summed E-state index contributed by atoms with van der Waals surface area (Å²) in [6.45, 7) is 17.0. The quantitative estimate of drug-likeness (QED) is 0.111. The van der Waals surface area contributed by atoms with Crippen molar-refractivity contribution >= 4 is 0 Å². The summed E-state index contributed by atoms with van der Waals surface area (Å²) in [4.78, 5) is 0. The van der Waals surface area contributed by atoms with E-state index in [9.17, 15) is 10.2 Å². The van der Waals surface area contributed by atoms with Crippen molar-refractivity contribution in [2.45, 2.75) is 228 Å². The standard InChI is InChI=1S/C65H88O12/c1-44-36-56(76-65(38-44)58(69-41-50-21-12-8-13-22-50)29-28-53(74-65)39-62(6,67)43-66)45(2)26-27-52-30-33-63(73-52)34-31-55-61(77-63)60(70-42-51-23-14-9-15-24-51)48(5)59(72-55)57(68-40-49-19-10-7-11-20-49)37-46(3)54-25-16-32-64(75-54)47(4)18-17-35-71-64/h7-15,19-24,26-27,38,45-47,52-61,66-67H,5,16-18,25,28-37,39-43H2,1-4,6H3/b27-26+/t45-,46+,47+,52+,53+,54+,55-,56+,57+,58-,59+,60-,61-,62-,63-,64-,65-/m1/s1. The lowest BCUT2D eigenvalue weighted by molar-refractivity contribution is -0.329. The largest absolute Gasteiger partial charge is 0.393 e. The molecule has 7 aliphatic rings. The second kappa shape index (κ2) is 25.0. The molecule has 6 fully saturated rings. The number of aliphatic hydroxyl groups excluding tert-OH is 1. The van der Waals surface area contributed by atoms with E-state index in [0.717, 1.165) is 98.7 Å². The van der Waals surface area contributed by atoms with Crippen LogP contribution in [-0.4, -0.2) is 107 Å². The Bertz CT molecular complexity index is 2410. The predicted molar refractivity (Wildman–Crippen MR) is 294 cm³/mol. The van der Waals surface area contributed by atoms with Gasteiger partial charge in [0.2, 0.25) is 5.79 Å². The minimum atomic E-state index is -1.28. The third-order valence-corrected chi connectivity index (χ3v) is 17.8. The van der Waals surface area contributed by atoms with Gasteiger partial charge < -0.3 is 57.6 Å². The van der Waals surface area contributed by atoms with E-state index in [-0.39, 0.29) is 67.6 Å². The van der Waals surface area contributed by atoms with Crippen LogP contribution in [0.3, 0.4) is 0 Å². The predicted octanol–water partition coefficient (Wildman–Crippen LogP) is 11.8. The van der Waals surface area contributed by atoms with Crippen LogP contribution in [0.4, 0.5) is 0 Å². The van der Waals surface area contributed by atoms with Crippen molar-refractivity contribution < 1.29 is 57.6 Å². The second-order valence-electron chi connectivity index (χ2n) is 24.2. The summed E-state index contributed by atoms with van der Waals surface area (Å²) in [6, 6.07) is 30.8. The first-order valence-electron chi connectivity index (χ1n) is 29.3. The van der Waals surface area contributed by atoms with Crippen LogP contribution in [0.15, 0.2) is 127 Å². The van der Waals surface area contributed by atoms with Gasteiger partial charge in [-0.25, -0.2) is 0 Å². The van der Waals surface area contributed by atoms with Crippen molar-refractivity contribution in [3.63, 3.8) is 0 Å². The van der Waals surface area contributed by atoms with Crippen molar-refractivity contribution in [2.75, 3.05) is 13.2 Å². The highest BCUT2D eigenvalue weighted by Gasteiger charge is 2.56. The van der Waals surface area contributed by atoms with Gasteiger partial charge in [0, 0.05) is 37.5 Å². The first kappa shape index (κ1) is 56.7. The van der Waals surface area contributed by atoms with Crippen LogP contribution < -0.4 is 0 Å². The van der Waals surface area contributed by atoms with Crippen LogP contribution in [-0.2, 0) is 67.2 Å². The van der Waals surface area contributed by atoms with Gasteiger partial charge >= 0.3 is 0 Å². The van der Waals surface area contributed by atoms with E-state index in [0.29, 0.717) is 45.0 Å². The lowest BCUT2D eigenvalue weighted by Gasteiger charge is -2.51. The monoisotopic (exact) mass is 1060 g/mol. The topological polar surface area (TPSA) is 133 Å². The number of rotatable bonds is 19. The number of hydrogen-bond acceptors (Lipinski definition) is 12. The van der Waals surface area contributed by atoms with Crippen LogP contribution in [0.5, 0.6) is 0 Å². The zero-order chi connectivity index (χ0) is 53.6. The summed E-state index contributed by atoms with van der Waals surface area (Å²) in [5.74, 6) is -1.93. The maximum atomic E-state index is 10.9. The molecule has 0 aromatic heterocycles. The zero-order valence-electron chi connectivity index (χ0n) is 46.5. The lowest BCUT2D eigenvalue weighted by Crippen LogP contribution is -2.61. The summed E-state index contributed by atoms with van der Waals surface area (Å²) in [5, 5.41) is 20.9. The van der Waals surface area contributed by atoms with Crippen LogP contribution in [0.2, 0.25) is 0 Å². The molecule has 12 heteroatoms.